The zero-order valence-electron chi connectivity index (χ0n) is 21.7. The summed E-state index contributed by atoms with van der Waals surface area (Å²) in [6.07, 6.45) is 1.49. The number of benzene rings is 3. The summed E-state index contributed by atoms with van der Waals surface area (Å²) in [5.74, 6) is 0.313. The van der Waals surface area contributed by atoms with E-state index < -0.39 is 0 Å². The summed E-state index contributed by atoms with van der Waals surface area (Å²) in [4.78, 5) is 52.1. The third-order valence-corrected chi connectivity index (χ3v) is 6.48. The van der Waals surface area contributed by atoms with Crippen LogP contribution in [-0.4, -0.2) is 38.8 Å². The molecule has 0 aliphatic heterocycles. The summed E-state index contributed by atoms with van der Waals surface area (Å²) in [7, 11) is 1.53. The highest BCUT2D eigenvalue weighted by Gasteiger charge is 2.17. The summed E-state index contributed by atoms with van der Waals surface area (Å²) < 4.78 is 5.81. The molecule has 0 saturated carbocycles. The molecule has 0 unspecified atom stereocenters. The van der Waals surface area contributed by atoms with Gasteiger partial charge < -0.3 is 31.1 Å². The number of aromatic amines is 2. The Morgan fingerprint density at radius 2 is 1.68 bits per heavy atom. The third-order valence-electron chi connectivity index (χ3n) is 6.48. The zero-order valence-corrected chi connectivity index (χ0v) is 21.7. The van der Waals surface area contributed by atoms with Crippen molar-refractivity contribution in [3.05, 3.63) is 107 Å². The van der Waals surface area contributed by atoms with E-state index in [1.54, 1.807) is 60.7 Å². The molecular formula is C30H23N7O4. The predicted octanol–water partition coefficient (Wildman–Crippen LogP) is 4.45. The number of nitrogen functional groups attached to an aromatic ring is 1. The van der Waals surface area contributed by atoms with E-state index in [-0.39, 0.29) is 28.8 Å². The lowest BCUT2D eigenvalue weighted by Gasteiger charge is -2.09. The van der Waals surface area contributed by atoms with Gasteiger partial charge in [-0.3, -0.25) is 19.4 Å². The van der Waals surface area contributed by atoms with Gasteiger partial charge in [0.15, 0.2) is 5.69 Å². The van der Waals surface area contributed by atoms with Gasteiger partial charge in [-0.15, -0.1) is 0 Å². The van der Waals surface area contributed by atoms with E-state index >= 15 is 0 Å². The number of amides is 2. The van der Waals surface area contributed by atoms with Crippen molar-refractivity contribution in [3.63, 3.8) is 0 Å². The van der Waals surface area contributed by atoms with E-state index in [0.717, 1.165) is 0 Å². The van der Waals surface area contributed by atoms with Crippen LogP contribution in [0.5, 0.6) is 11.5 Å². The van der Waals surface area contributed by atoms with Crippen LogP contribution in [0.15, 0.2) is 89.9 Å². The van der Waals surface area contributed by atoms with Gasteiger partial charge in [-0.25, -0.2) is 4.98 Å². The smallest absolute Gasteiger partial charge is 0.276 e. The first-order chi connectivity index (χ1) is 19.9. The first-order valence-electron chi connectivity index (χ1n) is 12.6. The Morgan fingerprint density at radius 3 is 2.49 bits per heavy atom. The maximum Gasteiger partial charge on any atom is 0.276 e. The predicted molar refractivity (Wildman–Crippen MR) is 156 cm³/mol. The van der Waals surface area contributed by atoms with Crippen molar-refractivity contribution in [2.45, 2.75) is 0 Å². The van der Waals surface area contributed by atoms with E-state index in [9.17, 15) is 14.4 Å². The topological polar surface area (TPSA) is 168 Å². The summed E-state index contributed by atoms with van der Waals surface area (Å²) in [5.41, 5.74) is 10.0. The van der Waals surface area contributed by atoms with Crippen molar-refractivity contribution in [1.82, 2.24) is 25.3 Å². The largest absolute Gasteiger partial charge is 0.457 e. The number of carbonyl (C=O) groups excluding carboxylic acids is 2. The average molecular weight is 546 g/mol. The number of para-hydroxylation sites is 2. The minimum atomic E-state index is -0.372. The van der Waals surface area contributed by atoms with Gasteiger partial charge in [0.2, 0.25) is 0 Å². The molecular weight excluding hydrogens is 522 g/mol. The molecule has 41 heavy (non-hydrogen) atoms. The normalized spacial score (nSPS) is 11.0. The number of hydrogen-bond acceptors (Lipinski definition) is 7. The highest BCUT2D eigenvalue weighted by molar-refractivity contribution is 6.09. The summed E-state index contributed by atoms with van der Waals surface area (Å²) in [5, 5.41) is 5.97. The lowest BCUT2D eigenvalue weighted by Crippen LogP contribution is -2.18. The monoisotopic (exact) mass is 545 g/mol. The van der Waals surface area contributed by atoms with E-state index in [1.165, 1.54) is 19.3 Å². The van der Waals surface area contributed by atoms with Crippen LogP contribution in [0.2, 0.25) is 0 Å². The van der Waals surface area contributed by atoms with Crippen molar-refractivity contribution in [3.8, 4) is 22.9 Å². The van der Waals surface area contributed by atoms with Crippen LogP contribution in [-0.2, 0) is 0 Å². The molecule has 3 aromatic carbocycles. The maximum atomic E-state index is 13.0. The van der Waals surface area contributed by atoms with Crippen LogP contribution in [0.3, 0.4) is 0 Å². The third kappa shape index (κ3) is 4.94. The Labute approximate surface area is 232 Å². The Kier molecular flexibility index (Phi) is 6.36. The van der Waals surface area contributed by atoms with Crippen LogP contribution < -0.4 is 26.7 Å². The zero-order chi connectivity index (χ0) is 28.5. The molecule has 6 rings (SSSR count). The summed E-state index contributed by atoms with van der Waals surface area (Å²) >= 11 is 0. The molecule has 0 atom stereocenters. The van der Waals surface area contributed by atoms with Crippen molar-refractivity contribution < 1.29 is 14.3 Å². The van der Waals surface area contributed by atoms with Crippen molar-refractivity contribution in [2.75, 3.05) is 18.1 Å². The van der Waals surface area contributed by atoms with Gasteiger partial charge in [-0.1, -0.05) is 12.1 Å². The fourth-order valence-corrected chi connectivity index (χ4v) is 4.41. The second-order valence-corrected chi connectivity index (χ2v) is 9.14. The first-order valence-corrected chi connectivity index (χ1v) is 12.6. The number of hydrogen-bond donors (Lipinski definition) is 5. The highest BCUT2D eigenvalue weighted by atomic mass is 16.5. The molecule has 0 bridgehead atoms. The number of ether oxygens (including phenoxy) is 1. The van der Waals surface area contributed by atoms with E-state index in [0.29, 0.717) is 56.1 Å². The average Bonchev–Trinajstić information content (AvgIpc) is 3.32. The molecule has 3 heterocycles. The Balaban J connectivity index is 1.20. The molecule has 0 aliphatic carbocycles. The minimum Gasteiger partial charge on any atom is -0.457 e. The quantitative estimate of drug-likeness (QED) is 0.206. The molecule has 0 radical (unpaired) electrons. The molecule has 3 aromatic heterocycles. The van der Waals surface area contributed by atoms with Crippen LogP contribution in [0.25, 0.3) is 33.3 Å². The second kappa shape index (κ2) is 10.3. The Morgan fingerprint density at radius 1 is 0.878 bits per heavy atom. The molecule has 0 saturated heterocycles. The van der Waals surface area contributed by atoms with Gasteiger partial charge >= 0.3 is 0 Å². The number of pyridine rings is 1. The van der Waals surface area contributed by atoms with Gasteiger partial charge in [0.1, 0.15) is 17.2 Å². The van der Waals surface area contributed by atoms with Crippen molar-refractivity contribution in [2.24, 2.45) is 0 Å². The van der Waals surface area contributed by atoms with Gasteiger partial charge in [-0.2, -0.15) is 0 Å². The van der Waals surface area contributed by atoms with Gasteiger partial charge in [0, 0.05) is 41.5 Å². The molecule has 11 nitrogen and oxygen atoms in total. The van der Waals surface area contributed by atoms with Crippen LogP contribution >= 0.6 is 0 Å². The molecule has 2 amide bonds. The van der Waals surface area contributed by atoms with Crippen LogP contribution in [0.1, 0.15) is 20.8 Å². The number of carbonyl (C=O) groups is 2. The van der Waals surface area contributed by atoms with Gasteiger partial charge in [0.05, 0.1) is 22.4 Å². The molecule has 0 aliphatic rings. The minimum absolute atomic E-state index is 0.169. The van der Waals surface area contributed by atoms with Crippen molar-refractivity contribution in [1.29, 1.82) is 0 Å². The van der Waals surface area contributed by atoms with Gasteiger partial charge in [0.25, 0.3) is 17.4 Å². The summed E-state index contributed by atoms with van der Waals surface area (Å²) in [6, 6.07) is 22.3. The van der Waals surface area contributed by atoms with E-state index in [1.807, 2.05) is 12.1 Å². The van der Waals surface area contributed by atoms with E-state index in [2.05, 4.69) is 30.6 Å². The molecule has 0 fully saturated rings. The summed E-state index contributed by atoms with van der Waals surface area (Å²) in [6.45, 7) is 0. The van der Waals surface area contributed by atoms with E-state index in [4.69, 9.17) is 10.5 Å². The lowest BCUT2D eigenvalue weighted by molar-refractivity contribution is 0.0957. The molecule has 6 aromatic rings. The number of fused-ring (bicyclic) bond motifs is 2. The standard InChI is InChI=1S/C30H23N7O4/c1-32-29(39)24-15-19(12-13-33-24)41-18-9-7-17(8-10-18)34-28(38)16-6-11-21-20(14-16)25(31)26(35-21)27-30(40)37-23-5-3-2-4-22(23)36-27/h2-15,35H,31H2,1H3,(H,32,39)(H,34,38)(H,37,40). The fraction of sp³-hybridized carbons (Fsp3) is 0.0333. The number of aromatic nitrogens is 4. The maximum absolute atomic E-state index is 13.0. The number of nitrogens with zero attached hydrogens (tertiary/aromatic N) is 2. The Hall–Kier alpha value is -5.97. The lowest BCUT2D eigenvalue weighted by atomic mass is 10.1. The molecule has 6 N–H and O–H groups in total. The number of rotatable bonds is 6. The first kappa shape index (κ1) is 25.3. The SMILES string of the molecule is CNC(=O)c1cc(Oc2ccc(NC(=O)c3ccc4[nH]c(-c5nc6ccccc6[nH]c5=O)c(N)c4c3)cc2)ccn1. The fourth-order valence-electron chi connectivity index (χ4n) is 4.41. The second-order valence-electron chi connectivity index (χ2n) is 9.14. The van der Waals surface area contributed by atoms with Crippen molar-refractivity contribution >= 4 is 45.1 Å². The number of anilines is 2. The highest BCUT2D eigenvalue weighted by Crippen LogP contribution is 2.32. The Bertz CT molecular complexity index is 2010. The van der Waals surface area contributed by atoms with Gasteiger partial charge in [-0.05, 0) is 60.7 Å². The molecule has 202 valence electrons. The van der Waals surface area contributed by atoms with Crippen LogP contribution in [0, 0.1) is 0 Å². The molecule has 0 spiro atoms. The molecule has 11 heteroatoms. The number of H-pyrrole nitrogens is 2. The van der Waals surface area contributed by atoms with Crippen LogP contribution in [0.4, 0.5) is 11.4 Å². The number of nitrogens with two attached hydrogens (primary N) is 1. The number of nitrogens with one attached hydrogen (secondary N) is 4.